The summed E-state index contributed by atoms with van der Waals surface area (Å²) in [6.07, 6.45) is 3.13. The van der Waals surface area contributed by atoms with E-state index in [2.05, 4.69) is 0 Å². The molecule has 0 aromatic heterocycles. The molecule has 1 unspecified atom stereocenters. The first kappa shape index (κ1) is 28.6. The molecule has 0 radical (unpaired) electrons. The number of nitro benzene ring substituents is 2. The van der Waals surface area contributed by atoms with Gasteiger partial charge >= 0.3 is 5.97 Å². The van der Waals surface area contributed by atoms with Gasteiger partial charge in [-0.15, -0.1) is 0 Å². The lowest BCUT2D eigenvalue weighted by molar-refractivity contribution is -0.394. The average molecular weight is 560 g/mol. The van der Waals surface area contributed by atoms with E-state index in [4.69, 9.17) is 9.47 Å². The Balaban J connectivity index is 1.58. The van der Waals surface area contributed by atoms with Gasteiger partial charge in [-0.1, -0.05) is 38.1 Å². The summed E-state index contributed by atoms with van der Waals surface area (Å²) >= 11 is 0. The summed E-state index contributed by atoms with van der Waals surface area (Å²) in [4.78, 5) is 61.4. The van der Waals surface area contributed by atoms with Gasteiger partial charge in [0.15, 0.2) is 11.5 Å². The molecule has 1 aliphatic rings. The molecular formula is C29H25N3O9. The number of fused-ring (bicyclic) bond motifs is 1. The van der Waals surface area contributed by atoms with Gasteiger partial charge in [-0.05, 0) is 54.3 Å². The second-order valence-electron chi connectivity index (χ2n) is 9.59. The second-order valence-corrected chi connectivity index (χ2v) is 9.59. The van der Waals surface area contributed by atoms with Crippen LogP contribution in [-0.2, 0) is 4.79 Å². The third-order valence-electron chi connectivity index (χ3n) is 6.38. The van der Waals surface area contributed by atoms with Gasteiger partial charge in [0.1, 0.15) is 6.04 Å². The van der Waals surface area contributed by atoms with Crippen LogP contribution in [-0.4, -0.2) is 45.7 Å². The molecule has 0 saturated heterocycles. The van der Waals surface area contributed by atoms with Crippen molar-refractivity contribution in [3.63, 3.8) is 0 Å². The SMILES string of the molecule is COc1cc(/C=C/c2ccc([N+](=O)[O-])cc2[N+](=O)[O-])ccc1OC(=O)C(CC(C)C)N1C(=O)c2ccccc2C1=O. The zero-order chi connectivity index (χ0) is 29.8. The summed E-state index contributed by atoms with van der Waals surface area (Å²) in [7, 11) is 1.36. The van der Waals surface area contributed by atoms with Gasteiger partial charge in [-0.25, -0.2) is 4.79 Å². The van der Waals surface area contributed by atoms with Crippen LogP contribution in [0.15, 0.2) is 60.7 Å². The molecule has 0 bridgehead atoms. The van der Waals surface area contributed by atoms with Gasteiger partial charge in [0.05, 0.1) is 39.7 Å². The number of amides is 2. The monoisotopic (exact) mass is 559 g/mol. The number of ether oxygens (including phenoxy) is 2. The number of methoxy groups -OCH3 is 1. The Bertz CT molecular complexity index is 1560. The summed E-state index contributed by atoms with van der Waals surface area (Å²) < 4.78 is 11.0. The minimum Gasteiger partial charge on any atom is -0.493 e. The Morgan fingerprint density at radius 2 is 1.56 bits per heavy atom. The molecule has 0 N–H and O–H groups in total. The molecule has 4 rings (SSSR count). The zero-order valence-electron chi connectivity index (χ0n) is 22.3. The van der Waals surface area contributed by atoms with Crippen LogP contribution in [0.4, 0.5) is 11.4 Å². The van der Waals surface area contributed by atoms with Gasteiger partial charge in [-0.3, -0.25) is 34.7 Å². The molecule has 41 heavy (non-hydrogen) atoms. The van der Waals surface area contributed by atoms with Crippen LogP contribution in [0.2, 0.25) is 0 Å². The van der Waals surface area contributed by atoms with Crippen molar-refractivity contribution in [2.75, 3.05) is 7.11 Å². The average Bonchev–Trinajstić information content (AvgIpc) is 3.20. The maximum Gasteiger partial charge on any atom is 0.334 e. The number of nitro groups is 2. The number of carbonyl (C=O) groups excluding carboxylic acids is 3. The Morgan fingerprint density at radius 1 is 0.902 bits per heavy atom. The molecule has 0 saturated carbocycles. The van der Waals surface area contributed by atoms with Crippen LogP contribution in [0.3, 0.4) is 0 Å². The van der Waals surface area contributed by atoms with E-state index in [9.17, 15) is 34.6 Å². The number of hydrogen-bond acceptors (Lipinski definition) is 9. The van der Waals surface area contributed by atoms with Gasteiger partial charge < -0.3 is 9.47 Å². The maximum atomic E-state index is 13.4. The van der Waals surface area contributed by atoms with Crippen molar-refractivity contribution in [3.05, 3.63) is 103 Å². The fourth-order valence-corrected chi connectivity index (χ4v) is 4.42. The van der Waals surface area contributed by atoms with E-state index in [1.807, 2.05) is 13.8 Å². The standard InChI is InChI=1S/C29H25N3O9/c1-17(2)14-24(30-27(33)21-6-4-5-7-22(21)28(30)34)29(35)41-25-13-9-18(15-26(25)40-3)8-10-19-11-12-20(31(36)37)16-23(19)32(38)39/h4-13,15-17,24H,14H2,1-3H3/b10-8+. The summed E-state index contributed by atoms with van der Waals surface area (Å²) in [5.41, 5.74) is 0.277. The molecule has 12 nitrogen and oxygen atoms in total. The highest BCUT2D eigenvalue weighted by molar-refractivity contribution is 6.22. The van der Waals surface area contributed by atoms with Crippen molar-refractivity contribution >= 4 is 41.3 Å². The number of carbonyl (C=O) groups is 3. The van der Waals surface area contributed by atoms with Crippen molar-refractivity contribution < 1.29 is 33.7 Å². The lowest BCUT2D eigenvalue weighted by Gasteiger charge is -2.26. The van der Waals surface area contributed by atoms with E-state index in [0.29, 0.717) is 5.56 Å². The highest BCUT2D eigenvalue weighted by Crippen LogP contribution is 2.33. The third kappa shape index (κ3) is 5.96. The fourth-order valence-electron chi connectivity index (χ4n) is 4.42. The number of nitrogens with zero attached hydrogens (tertiary/aromatic N) is 3. The van der Waals surface area contributed by atoms with Crippen molar-refractivity contribution in [1.29, 1.82) is 0 Å². The summed E-state index contributed by atoms with van der Waals surface area (Å²) in [5, 5.41) is 22.4. The Kier molecular flexibility index (Phi) is 8.22. The molecule has 0 spiro atoms. The van der Waals surface area contributed by atoms with E-state index in [-0.39, 0.29) is 40.5 Å². The van der Waals surface area contributed by atoms with Crippen LogP contribution < -0.4 is 9.47 Å². The molecule has 1 aliphatic heterocycles. The molecule has 3 aromatic carbocycles. The number of non-ortho nitro benzene ring substituents is 1. The summed E-state index contributed by atoms with van der Waals surface area (Å²) in [6, 6.07) is 13.0. The predicted octanol–water partition coefficient (Wildman–Crippen LogP) is 5.30. The van der Waals surface area contributed by atoms with E-state index < -0.39 is 45.0 Å². The number of imide groups is 1. The molecule has 12 heteroatoms. The third-order valence-corrected chi connectivity index (χ3v) is 6.38. The summed E-state index contributed by atoms with van der Waals surface area (Å²) in [6.45, 7) is 3.71. The van der Waals surface area contributed by atoms with E-state index in [1.54, 1.807) is 18.2 Å². The second kappa shape index (κ2) is 11.8. The quantitative estimate of drug-likeness (QED) is 0.0802. The number of esters is 1. The van der Waals surface area contributed by atoms with E-state index >= 15 is 0 Å². The van der Waals surface area contributed by atoms with Gasteiger partial charge in [0, 0.05) is 6.07 Å². The molecule has 3 aromatic rings. The van der Waals surface area contributed by atoms with Crippen LogP contribution in [0.25, 0.3) is 12.2 Å². The lowest BCUT2D eigenvalue weighted by Crippen LogP contribution is -2.47. The van der Waals surface area contributed by atoms with E-state index in [0.717, 1.165) is 17.0 Å². The molecule has 2 amide bonds. The van der Waals surface area contributed by atoms with Crippen molar-refractivity contribution in [2.45, 2.75) is 26.3 Å². The fraction of sp³-hybridized carbons (Fsp3) is 0.207. The summed E-state index contributed by atoms with van der Waals surface area (Å²) in [5.74, 6) is -1.79. The van der Waals surface area contributed by atoms with Crippen LogP contribution >= 0.6 is 0 Å². The normalized spacial score (nSPS) is 13.4. The smallest absolute Gasteiger partial charge is 0.334 e. The zero-order valence-corrected chi connectivity index (χ0v) is 22.3. The van der Waals surface area contributed by atoms with Crippen LogP contribution in [0, 0.1) is 26.1 Å². The van der Waals surface area contributed by atoms with Gasteiger partial charge in [-0.2, -0.15) is 0 Å². The molecule has 0 aliphatic carbocycles. The first-order chi connectivity index (χ1) is 19.5. The molecule has 210 valence electrons. The number of benzene rings is 3. The first-order valence-electron chi connectivity index (χ1n) is 12.5. The largest absolute Gasteiger partial charge is 0.493 e. The molecule has 1 heterocycles. The van der Waals surface area contributed by atoms with Gasteiger partial charge in [0.25, 0.3) is 23.2 Å². The van der Waals surface area contributed by atoms with Crippen molar-refractivity contribution in [2.24, 2.45) is 5.92 Å². The van der Waals surface area contributed by atoms with E-state index in [1.165, 1.54) is 49.6 Å². The highest BCUT2D eigenvalue weighted by atomic mass is 16.6. The highest BCUT2D eigenvalue weighted by Gasteiger charge is 2.43. The van der Waals surface area contributed by atoms with Crippen LogP contribution in [0.1, 0.15) is 52.1 Å². The first-order valence-corrected chi connectivity index (χ1v) is 12.5. The Hall–Kier alpha value is -5.39. The maximum absolute atomic E-state index is 13.4. The van der Waals surface area contributed by atoms with Crippen molar-refractivity contribution in [1.82, 2.24) is 4.90 Å². The number of hydrogen-bond donors (Lipinski definition) is 0. The minimum absolute atomic E-state index is 0.0429. The molecular weight excluding hydrogens is 534 g/mol. The number of rotatable bonds is 10. The van der Waals surface area contributed by atoms with Gasteiger partial charge in [0.2, 0.25) is 0 Å². The Morgan fingerprint density at radius 3 is 2.12 bits per heavy atom. The topological polar surface area (TPSA) is 159 Å². The van der Waals surface area contributed by atoms with Crippen molar-refractivity contribution in [3.8, 4) is 11.5 Å². The Labute approximate surface area is 234 Å². The minimum atomic E-state index is -1.17. The predicted molar refractivity (Wildman–Crippen MR) is 147 cm³/mol. The molecule has 1 atom stereocenters. The van der Waals surface area contributed by atoms with Crippen LogP contribution in [0.5, 0.6) is 11.5 Å². The molecule has 0 fully saturated rings. The lowest BCUT2D eigenvalue weighted by atomic mass is 10.0.